The molecule has 2 atom stereocenters. The zero-order chi connectivity index (χ0) is 11.5. The Balaban J connectivity index is 1.96. The van der Waals surface area contributed by atoms with Crippen molar-refractivity contribution in [1.29, 1.82) is 0 Å². The fraction of sp³-hybridized carbons (Fsp3) is 0.545. The predicted molar refractivity (Wildman–Crippen MR) is 60.2 cm³/mol. The third kappa shape index (κ3) is 2.43. The average Bonchev–Trinajstić information content (AvgIpc) is 2.81. The first-order valence-corrected chi connectivity index (χ1v) is 5.43. The first-order chi connectivity index (χ1) is 7.72. The summed E-state index contributed by atoms with van der Waals surface area (Å²) >= 11 is 0. The molecule has 5 nitrogen and oxygen atoms in total. The minimum Gasteiger partial charge on any atom is -0.383 e. The Morgan fingerprint density at radius 1 is 1.75 bits per heavy atom. The Hall–Kier alpha value is -1.33. The number of aromatic nitrogens is 1. The quantitative estimate of drug-likeness (QED) is 0.736. The Labute approximate surface area is 94.6 Å². The third-order valence-corrected chi connectivity index (χ3v) is 2.75. The summed E-state index contributed by atoms with van der Waals surface area (Å²) in [4.78, 5) is 11.9. The van der Waals surface area contributed by atoms with Gasteiger partial charge in [-0.15, -0.1) is 0 Å². The van der Waals surface area contributed by atoms with Gasteiger partial charge in [-0.1, -0.05) is 0 Å². The molecule has 0 spiro atoms. The molecule has 0 aromatic carbocycles. The minimum atomic E-state index is -0.0564. The van der Waals surface area contributed by atoms with E-state index >= 15 is 0 Å². The Morgan fingerprint density at radius 2 is 2.50 bits per heavy atom. The number of methoxy groups -OCH3 is 1. The molecule has 5 heteroatoms. The van der Waals surface area contributed by atoms with Crippen LogP contribution >= 0.6 is 0 Å². The zero-order valence-corrected chi connectivity index (χ0v) is 9.35. The van der Waals surface area contributed by atoms with Crippen LogP contribution in [0.2, 0.25) is 0 Å². The molecule has 0 aliphatic heterocycles. The van der Waals surface area contributed by atoms with Crippen molar-refractivity contribution in [2.24, 2.45) is 5.73 Å². The molecule has 0 bridgehead atoms. The van der Waals surface area contributed by atoms with Crippen molar-refractivity contribution in [3.8, 4) is 0 Å². The van der Waals surface area contributed by atoms with Crippen molar-refractivity contribution in [3.63, 3.8) is 0 Å². The molecule has 2 unspecified atom stereocenters. The van der Waals surface area contributed by atoms with Gasteiger partial charge in [-0.05, 0) is 18.6 Å². The smallest absolute Gasteiger partial charge is 0.268 e. The van der Waals surface area contributed by atoms with Gasteiger partial charge in [-0.3, -0.25) is 4.79 Å². The van der Waals surface area contributed by atoms with Gasteiger partial charge in [0.15, 0.2) is 0 Å². The summed E-state index contributed by atoms with van der Waals surface area (Å²) in [5.74, 6) is -0.0564. The molecule has 3 N–H and O–H groups in total. The van der Waals surface area contributed by atoms with E-state index in [4.69, 9.17) is 10.5 Å². The molecule has 1 aromatic rings. The number of nitrogens with zero attached hydrogens (tertiary/aromatic N) is 1. The summed E-state index contributed by atoms with van der Waals surface area (Å²) in [5, 5.41) is 2.90. The first-order valence-electron chi connectivity index (χ1n) is 5.43. The molecule has 1 aromatic heterocycles. The molecule has 1 fully saturated rings. The topological polar surface area (TPSA) is 69.3 Å². The standard InChI is InChI=1S/C11H17N3O2/c1-16-6-5-14-4-2-3-10(14)11(15)13-9-7-8(9)12/h2-4,8-9H,5-7,12H2,1H3,(H,13,15). The molecule has 1 amide bonds. The molecular weight excluding hydrogens is 206 g/mol. The Bertz CT molecular complexity index is 375. The fourth-order valence-corrected chi connectivity index (χ4v) is 1.63. The van der Waals surface area contributed by atoms with E-state index in [9.17, 15) is 4.79 Å². The van der Waals surface area contributed by atoms with Gasteiger partial charge in [0.1, 0.15) is 5.69 Å². The molecule has 1 aliphatic rings. The van der Waals surface area contributed by atoms with Crippen LogP contribution in [0.5, 0.6) is 0 Å². The molecule has 1 heterocycles. The lowest BCUT2D eigenvalue weighted by atomic mass is 10.4. The predicted octanol–water partition coefficient (Wildman–Crippen LogP) is -0.0361. The number of ether oxygens (including phenoxy) is 1. The van der Waals surface area contributed by atoms with E-state index in [1.807, 2.05) is 16.8 Å². The highest BCUT2D eigenvalue weighted by atomic mass is 16.5. The number of nitrogens with one attached hydrogen (secondary N) is 1. The highest BCUT2D eigenvalue weighted by molar-refractivity contribution is 5.93. The summed E-state index contributed by atoms with van der Waals surface area (Å²) in [6.45, 7) is 1.28. The summed E-state index contributed by atoms with van der Waals surface area (Å²) in [6, 6.07) is 3.95. The third-order valence-electron chi connectivity index (χ3n) is 2.75. The van der Waals surface area contributed by atoms with E-state index in [0.29, 0.717) is 18.8 Å². The van der Waals surface area contributed by atoms with E-state index in [0.717, 1.165) is 6.42 Å². The molecule has 1 aliphatic carbocycles. The van der Waals surface area contributed by atoms with Gasteiger partial charge in [0, 0.05) is 31.9 Å². The van der Waals surface area contributed by atoms with Crippen molar-refractivity contribution >= 4 is 5.91 Å². The first kappa shape index (κ1) is 11.2. The maximum absolute atomic E-state index is 11.9. The normalized spacial score (nSPS) is 23.1. The van der Waals surface area contributed by atoms with Gasteiger partial charge in [0.2, 0.25) is 0 Å². The van der Waals surface area contributed by atoms with Crippen LogP contribution < -0.4 is 11.1 Å². The number of nitrogens with two attached hydrogens (primary N) is 1. The molecule has 1 saturated carbocycles. The average molecular weight is 223 g/mol. The highest BCUT2D eigenvalue weighted by Gasteiger charge is 2.35. The number of rotatable bonds is 5. The van der Waals surface area contributed by atoms with Crippen LogP contribution in [0.15, 0.2) is 18.3 Å². The van der Waals surface area contributed by atoms with Crippen LogP contribution in [-0.2, 0) is 11.3 Å². The number of amides is 1. The summed E-state index contributed by atoms with van der Waals surface area (Å²) in [7, 11) is 1.65. The Kier molecular flexibility index (Phi) is 3.26. The second-order valence-electron chi connectivity index (χ2n) is 4.06. The van der Waals surface area contributed by atoms with Crippen LogP contribution in [0.1, 0.15) is 16.9 Å². The highest BCUT2D eigenvalue weighted by Crippen LogP contribution is 2.18. The lowest BCUT2D eigenvalue weighted by molar-refractivity contribution is 0.0938. The van der Waals surface area contributed by atoms with Crippen LogP contribution in [0.4, 0.5) is 0 Å². The largest absolute Gasteiger partial charge is 0.383 e. The van der Waals surface area contributed by atoms with Crippen molar-refractivity contribution in [3.05, 3.63) is 24.0 Å². The van der Waals surface area contributed by atoms with Gasteiger partial charge >= 0.3 is 0 Å². The van der Waals surface area contributed by atoms with Crippen LogP contribution in [0.25, 0.3) is 0 Å². The molecule has 2 rings (SSSR count). The van der Waals surface area contributed by atoms with Crippen molar-refractivity contribution in [2.45, 2.75) is 25.0 Å². The molecular formula is C11H17N3O2. The van der Waals surface area contributed by atoms with E-state index in [-0.39, 0.29) is 18.0 Å². The van der Waals surface area contributed by atoms with Crippen molar-refractivity contribution in [1.82, 2.24) is 9.88 Å². The zero-order valence-electron chi connectivity index (χ0n) is 9.35. The molecule has 88 valence electrons. The van der Waals surface area contributed by atoms with Gasteiger partial charge in [0.25, 0.3) is 5.91 Å². The van der Waals surface area contributed by atoms with Crippen LogP contribution in [0.3, 0.4) is 0 Å². The van der Waals surface area contributed by atoms with Gasteiger partial charge in [-0.25, -0.2) is 0 Å². The number of hydrogen-bond donors (Lipinski definition) is 2. The molecule has 0 saturated heterocycles. The SMILES string of the molecule is COCCn1cccc1C(=O)NC1CC1N. The summed E-state index contributed by atoms with van der Waals surface area (Å²) in [5.41, 5.74) is 6.31. The van der Waals surface area contributed by atoms with E-state index in [2.05, 4.69) is 5.32 Å². The number of carbonyl (C=O) groups excluding carboxylic acids is 1. The molecule has 0 radical (unpaired) electrons. The van der Waals surface area contributed by atoms with Gasteiger partial charge < -0.3 is 20.4 Å². The Morgan fingerprint density at radius 3 is 3.12 bits per heavy atom. The van der Waals surface area contributed by atoms with E-state index < -0.39 is 0 Å². The lowest BCUT2D eigenvalue weighted by Gasteiger charge is -2.08. The lowest BCUT2D eigenvalue weighted by Crippen LogP contribution is -2.31. The van der Waals surface area contributed by atoms with Crippen molar-refractivity contribution < 1.29 is 9.53 Å². The number of hydrogen-bond acceptors (Lipinski definition) is 3. The second-order valence-corrected chi connectivity index (χ2v) is 4.06. The monoisotopic (exact) mass is 223 g/mol. The van der Waals surface area contributed by atoms with E-state index in [1.165, 1.54) is 0 Å². The van der Waals surface area contributed by atoms with Gasteiger partial charge in [-0.2, -0.15) is 0 Å². The maximum atomic E-state index is 11.9. The van der Waals surface area contributed by atoms with E-state index in [1.54, 1.807) is 13.2 Å². The second kappa shape index (κ2) is 4.67. The molecule has 16 heavy (non-hydrogen) atoms. The fourth-order valence-electron chi connectivity index (χ4n) is 1.63. The summed E-state index contributed by atoms with van der Waals surface area (Å²) < 4.78 is 6.87. The van der Waals surface area contributed by atoms with Crippen LogP contribution in [-0.4, -0.2) is 36.3 Å². The van der Waals surface area contributed by atoms with Crippen molar-refractivity contribution in [2.75, 3.05) is 13.7 Å². The minimum absolute atomic E-state index is 0.0564. The summed E-state index contributed by atoms with van der Waals surface area (Å²) in [6.07, 6.45) is 2.76. The maximum Gasteiger partial charge on any atom is 0.268 e. The van der Waals surface area contributed by atoms with Gasteiger partial charge in [0.05, 0.1) is 6.61 Å². The number of carbonyl (C=O) groups is 1. The van der Waals surface area contributed by atoms with Crippen LogP contribution in [0, 0.1) is 0 Å².